The van der Waals surface area contributed by atoms with Crippen molar-refractivity contribution in [1.29, 1.82) is 0 Å². The fraction of sp³-hybridized carbons (Fsp3) is 0.118. The Kier molecular flexibility index (Phi) is 2.63. The van der Waals surface area contributed by atoms with Gasteiger partial charge >= 0.3 is 5.63 Å². The van der Waals surface area contributed by atoms with Gasteiger partial charge in [0.15, 0.2) is 11.4 Å². The quantitative estimate of drug-likeness (QED) is 0.540. The molecule has 0 aliphatic heterocycles. The molecular formula is C17H13N3O2. The number of fused-ring (bicyclic) bond motifs is 2. The van der Waals surface area contributed by atoms with Crippen molar-refractivity contribution in [2.24, 2.45) is 0 Å². The molecule has 0 fully saturated rings. The van der Waals surface area contributed by atoms with Crippen molar-refractivity contribution in [3.05, 3.63) is 64.5 Å². The maximum atomic E-state index is 12.1. The van der Waals surface area contributed by atoms with E-state index in [-0.39, 0.29) is 5.63 Å². The topological polar surface area (TPSA) is 60.4 Å². The van der Waals surface area contributed by atoms with Gasteiger partial charge < -0.3 is 8.82 Å². The number of benzene rings is 1. The van der Waals surface area contributed by atoms with Crippen LogP contribution in [0.4, 0.5) is 0 Å². The lowest BCUT2D eigenvalue weighted by Gasteiger charge is -1.98. The van der Waals surface area contributed by atoms with Crippen molar-refractivity contribution in [3.8, 4) is 11.5 Å². The van der Waals surface area contributed by atoms with Crippen molar-refractivity contribution in [2.75, 3.05) is 0 Å². The number of aryl methyl sites for hydroxylation is 2. The van der Waals surface area contributed by atoms with Crippen LogP contribution >= 0.6 is 0 Å². The van der Waals surface area contributed by atoms with Gasteiger partial charge in [-0.25, -0.2) is 9.78 Å². The first-order valence-corrected chi connectivity index (χ1v) is 6.98. The first-order valence-electron chi connectivity index (χ1n) is 6.98. The number of nitrogens with zero attached hydrogens (tertiary/aromatic N) is 3. The van der Waals surface area contributed by atoms with Crippen LogP contribution in [0.1, 0.15) is 11.4 Å². The predicted octanol–water partition coefficient (Wildman–Crippen LogP) is 3.12. The summed E-state index contributed by atoms with van der Waals surface area (Å²) in [5.41, 5.74) is 2.79. The third-order valence-electron chi connectivity index (χ3n) is 3.65. The van der Waals surface area contributed by atoms with Gasteiger partial charge in [-0.2, -0.15) is 0 Å². The Balaban J connectivity index is 1.99. The van der Waals surface area contributed by atoms with Crippen LogP contribution in [0.25, 0.3) is 27.9 Å². The number of hydrogen-bond donors (Lipinski definition) is 0. The molecule has 0 spiro atoms. The maximum Gasteiger partial charge on any atom is 0.344 e. The summed E-state index contributed by atoms with van der Waals surface area (Å²) >= 11 is 0. The normalized spacial score (nSPS) is 11.4. The zero-order valence-electron chi connectivity index (χ0n) is 12.2. The van der Waals surface area contributed by atoms with Gasteiger partial charge in [-0.1, -0.05) is 18.2 Å². The van der Waals surface area contributed by atoms with E-state index in [0.717, 1.165) is 22.4 Å². The van der Waals surface area contributed by atoms with Crippen LogP contribution in [-0.4, -0.2) is 14.4 Å². The van der Waals surface area contributed by atoms with Gasteiger partial charge in [-0.05, 0) is 31.4 Å². The molecule has 0 bridgehead atoms. The van der Waals surface area contributed by atoms with E-state index in [1.54, 1.807) is 6.07 Å². The average Bonchev–Trinajstić information content (AvgIpc) is 2.91. The lowest BCUT2D eigenvalue weighted by atomic mass is 10.1. The zero-order valence-corrected chi connectivity index (χ0v) is 12.2. The summed E-state index contributed by atoms with van der Waals surface area (Å²) < 4.78 is 7.33. The van der Waals surface area contributed by atoms with E-state index < -0.39 is 0 Å². The molecule has 0 saturated carbocycles. The van der Waals surface area contributed by atoms with Crippen molar-refractivity contribution >= 4 is 16.4 Å². The fourth-order valence-corrected chi connectivity index (χ4v) is 2.68. The third kappa shape index (κ3) is 1.90. The SMILES string of the molecule is Cc1cn2cc(-c3cc4ccccc4c(=O)o3)nc2c(C)n1. The second-order valence-corrected chi connectivity index (χ2v) is 5.31. The van der Waals surface area contributed by atoms with Gasteiger partial charge in [0.25, 0.3) is 0 Å². The van der Waals surface area contributed by atoms with E-state index in [1.165, 1.54) is 0 Å². The summed E-state index contributed by atoms with van der Waals surface area (Å²) in [5, 5.41) is 1.42. The molecule has 4 aromatic rings. The van der Waals surface area contributed by atoms with Crippen LogP contribution in [0.3, 0.4) is 0 Å². The molecule has 0 amide bonds. The molecule has 3 heterocycles. The first kappa shape index (κ1) is 12.8. The zero-order chi connectivity index (χ0) is 15.3. The van der Waals surface area contributed by atoms with Gasteiger partial charge in [0.2, 0.25) is 0 Å². The van der Waals surface area contributed by atoms with Crippen molar-refractivity contribution in [2.45, 2.75) is 13.8 Å². The van der Waals surface area contributed by atoms with E-state index >= 15 is 0 Å². The molecule has 22 heavy (non-hydrogen) atoms. The lowest BCUT2D eigenvalue weighted by molar-refractivity contribution is 0.533. The number of rotatable bonds is 1. The molecule has 4 rings (SSSR count). The van der Waals surface area contributed by atoms with Crippen molar-refractivity contribution in [3.63, 3.8) is 0 Å². The van der Waals surface area contributed by atoms with Crippen molar-refractivity contribution in [1.82, 2.24) is 14.4 Å². The molecular weight excluding hydrogens is 278 g/mol. The Morgan fingerprint density at radius 1 is 1.09 bits per heavy atom. The minimum absolute atomic E-state index is 0.351. The molecule has 1 aromatic carbocycles. The Labute approximate surface area is 125 Å². The molecule has 108 valence electrons. The van der Waals surface area contributed by atoms with Crippen LogP contribution in [0.15, 0.2) is 51.9 Å². The monoisotopic (exact) mass is 291 g/mol. The lowest BCUT2D eigenvalue weighted by Crippen LogP contribution is -1.99. The highest BCUT2D eigenvalue weighted by atomic mass is 16.4. The second kappa shape index (κ2) is 4.53. The first-order chi connectivity index (χ1) is 10.6. The highest BCUT2D eigenvalue weighted by Crippen LogP contribution is 2.22. The standard InChI is InChI=1S/C17H13N3O2/c1-10-8-20-9-14(19-16(20)11(2)18-10)15-7-12-5-3-4-6-13(12)17(21)22-15/h3-9H,1-2H3. The molecule has 5 heteroatoms. The maximum absolute atomic E-state index is 12.1. The van der Waals surface area contributed by atoms with Crippen LogP contribution in [0.5, 0.6) is 0 Å². The summed E-state index contributed by atoms with van der Waals surface area (Å²) in [5.74, 6) is 0.462. The predicted molar refractivity (Wildman–Crippen MR) is 83.9 cm³/mol. The van der Waals surface area contributed by atoms with E-state index in [9.17, 15) is 4.79 Å². The minimum Gasteiger partial charge on any atom is -0.421 e. The summed E-state index contributed by atoms with van der Waals surface area (Å²) in [6.07, 6.45) is 3.75. The smallest absolute Gasteiger partial charge is 0.344 e. The van der Waals surface area contributed by atoms with Crippen LogP contribution in [0, 0.1) is 13.8 Å². The van der Waals surface area contributed by atoms with E-state index in [4.69, 9.17) is 4.42 Å². The summed E-state index contributed by atoms with van der Waals surface area (Å²) in [6, 6.07) is 9.21. The summed E-state index contributed by atoms with van der Waals surface area (Å²) in [7, 11) is 0. The van der Waals surface area contributed by atoms with Gasteiger partial charge in [-0.3, -0.25) is 4.98 Å². The highest BCUT2D eigenvalue weighted by Gasteiger charge is 2.12. The van der Waals surface area contributed by atoms with Crippen LogP contribution < -0.4 is 5.63 Å². The Hall–Kier alpha value is -2.95. The van der Waals surface area contributed by atoms with E-state index in [1.807, 2.05) is 54.9 Å². The third-order valence-corrected chi connectivity index (χ3v) is 3.65. The minimum atomic E-state index is -0.351. The molecule has 3 aromatic heterocycles. The average molecular weight is 291 g/mol. The van der Waals surface area contributed by atoms with Gasteiger partial charge in [0.1, 0.15) is 5.69 Å². The molecule has 0 atom stereocenters. The molecule has 0 unspecified atom stereocenters. The molecule has 0 saturated heterocycles. The number of hydrogen-bond acceptors (Lipinski definition) is 4. The molecule has 5 nitrogen and oxygen atoms in total. The highest BCUT2D eigenvalue weighted by molar-refractivity contribution is 5.83. The summed E-state index contributed by atoms with van der Waals surface area (Å²) in [6.45, 7) is 3.85. The molecule has 0 radical (unpaired) electrons. The van der Waals surface area contributed by atoms with Gasteiger partial charge in [0, 0.05) is 12.4 Å². The van der Waals surface area contributed by atoms with Gasteiger partial charge in [0.05, 0.1) is 16.8 Å². The largest absolute Gasteiger partial charge is 0.421 e. The fourth-order valence-electron chi connectivity index (χ4n) is 2.68. The van der Waals surface area contributed by atoms with Gasteiger partial charge in [-0.15, -0.1) is 0 Å². The van der Waals surface area contributed by atoms with E-state index in [2.05, 4.69) is 9.97 Å². The molecule has 0 aliphatic carbocycles. The van der Waals surface area contributed by atoms with Crippen molar-refractivity contribution < 1.29 is 4.42 Å². The number of imidazole rings is 1. The Morgan fingerprint density at radius 3 is 2.77 bits per heavy atom. The Bertz CT molecular complexity index is 1080. The van der Waals surface area contributed by atoms with Crippen LogP contribution in [-0.2, 0) is 0 Å². The molecule has 0 N–H and O–H groups in total. The van der Waals surface area contributed by atoms with Crippen LogP contribution in [0.2, 0.25) is 0 Å². The second-order valence-electron chi connectivity index (χ2n) is 5.31. The molecule has 0 aliphatic rings. The Morgan fingerprint density at radius 2 is 1.91 bits per heavy atom. The summed E-state index contributed by atoms with van der Waals surface area (Å²) in [4.78, 5) is 21.0. The number of aromatic nitrogens is 3. The van der Waals surface area contributed by atoms with E-state index in [0.29, 0.717) is 16.8 Å².